The SMILES string of the molecule is CC(C)c1cc(C(=O)N2CCCCC(N3CCN(C)CC3)C2)no1. The Morgan fingerprint density at radius 1 is 1.21 bits per heavy atom. The van der Waals surface area contributed by atoms with Gasteiger partial charge in [0.2, 0.25) is 0 Å². The molecule has 134 valence electrons. The maximum absolute atomic E-state index is 12.8. The first-order valence-corrected chi connectivity index (χ1v) is 9.23. The molecule has 6 nitrogen and oxygen atoms in total. The minimum atomic E-state index is 0.0201. The Hall–Kier alpha value is -1.40. The highest BCUT2D eigenvalue weighted by molar-refractivity contribution is 5.92. The third-order valence-corrected chi connectivity index (χ3v) is 5.30. The number of amides is 1. The zero-order valence-corrected chi connectivity index (χ0v) is 15.2. The maximum Gasteiger partial charge on any atom is 0.276 e. The van der Waals surface area contributed by atoms with Crippen molar-refractivity contribution in [3.05, 3.63) is 17.5 Å². The van der Waals surface area contributed by atoms with Crippen LogP contribution in [0.2, 0.25) is 0 Å². The summed E-state index contributed by atoms with van der Waals surface area (Å²) in [5, 5.41) is 4.00. The molecule has 0 radical (unpaired) electrons. The van der Waals surface area contributed by atoms with Crippen molar-refractivity contribution >= 4 is 5.91 Å². The van der Waals surface area contributed by atoms with Gasteiger partial charge in [-0.2, -0.15) is 0 Å². The second kappa shape index (κ2) is 7.66. The quantitative estimate of drug-likeness (QED) is 0.847. The lowest BCUT2D eigenvalue weighted by Gasteiger charge is -2.39. The Morgan fingerprint density at radius 2 is 1.96 bits per heavy atom. The van der Waals surface area contributed by atoms with Crippen LogP contribution in [0.15, 0.2) is 10.6 Å². The summed E-state index contributed by atoms with van der Waals surface area (Å²) in [4.78, 5) is 19.8. The van der Waals surface area contributed by atoms with E-state index < -0.39 is 0 Å². The summed E-state index contributed by atoms with van der Waals surface area (Å²) < 4.78 is 5.31. The molecule has 0 spiro atoms. The first kappa shape index (κ1) is 17.4. The average Bonchev–Trinajstić information content (AvgIpc) is 2.94. The van der Waals surface area contributed by atoms with E-state index in [1.54, 1.807) is 0 Å². The standard InChI is InChI=1S/C18H30N4O2/c1-14(2)17-12-16(19-24-17)18(23)22-7-5-4-6-15(13-22)21-10-8-20(3)9-11-21/h12,14-15H,4-11,13H2,1-3H3. The zero-order valence-electron chi connectivity index (χ0n) is 15.2. The van der Waals surface area contributed by atoms with Crippen LogP contribution in [0.3, 0.4) is 0 Å². The lowest BCUT2D eigenvalue weighted by molar-refractivity contribution is 0.0623. The molecule has 1 aromatic rings. The van der Waals surface area contributed by atoms with Gasteiger partial charge in [-0.15, -0.1) is 0 Å². The largest absolute Gasteiger partial charge is 0.360 e. The number of carbonyl (C=O) groups excluding carboxylic acids is 1. The van der Waals surface area contributed by atoms with E-state index in [-0.39, 0.29) is 11.8 Å². The van der Waals surface area contributed by atoms with E-state index in [9.17, 15) is 4.79 Å². The van der Waals surface area contributed by atoms with Crippen LogP contribution in [0.5, 0.6) is 0 Å². The molecule has 3 rings (SSSR count). The van der Waals surface area contributed by atoms with Gasteiger partial charge in [0.1, 0.15) is 5.76 Å². The molecule has 2 fully saturated rings. The van der Waals surface area contributed by atoms with Gasteiger partial charge in [-0.25, -0.2) is 0 Å². The third kappa shape index (κ3) is 3.98. The fraction of sp³-hybridized carbons (Fsp3) is 0.778. The Labute approximate surface area is 144 Å². The van der Waals surface area contributed by atoms with E-state index in [0.29, 0.717) is 11.7 Å². The van der Waals surface area contributed by atoms with E-state index >= 15 is 0 Å². The van der Waals surface area contributed by atoms with Crippen LogP contribution in [0.25, 0.3) is 0 Å². The summed E-state index contributed by atoms with van der Waals surface area (Å²) in [6.45, 7) is 10.2. The fourth-order valence-corrected chi connectivity index (χ4v) is 3.61. The molecular formula is C18H30N4O2. The summed E-state index contributed by atoms with van der Waals surface area (Å²) in [6.07, 6.45) is 3.45. The smallest absolute Gasteiger partial charge is 0.276 e. The molecule has 2 aliphatic rings. The van der Waals surface area contributed by atoms with Crippen molar-refractivity contribution < 1.29 is 9.32 Å². The van der Waals surface area contributed by atoms with Crippen LogP contribution in [0, 0.1) is 0 Å². The van der Waals surface area contributed by atoms with Gasteiger partial charge in [-0.3, -0.25) is 9.69 Å². The predicted molar refractivity (Wildman–Crippen MR) is 93.2 cm³/mol. The van der Waals surface area contributed by atoms with Gasteiger partial charge in [0, 0.05) is 57.3 Å². The number of aromatic nitrogens is 1. The molecule has 1 atom stereocenters. The van der Waals surface area contributed by atoms with Gasteiger partial charge in [0.25, 0.3) is 5.91 Å². The second-order valence-corrected chi connectivity index (χ2v) is 7.51. The first-order valence-electron chi connectivity index (χ1n) is 9.23. The highest BCUT2D eigenvalue weighted by atomic mass is 16.5. The zero-order chi connectivity index (χ0) is 17.1. The second-order valence-electron chi connectivity index (χ2n) is 7.51. The van der Waals surface area contributed by atoms with Gasteiger partial charge in [0.15, 0.2) is 5.69 Å². The molecule has 6 heteroatoms. The normalized spacial score (nSPS) is 24.3. The fourth-order valence-electron chi connectivity index (χ4n) is 3.61. The molecule has 24 heavy (non-hydrogen) atoms. The van der Waals surface area contributed by atoms with E-state index in [1.165, 1.54) is 12.8 Å². The molecule has 3 heterocycles. The first-order chi connectivity index (χ1) is 11.5. The predicted octanol–water partition coefficient (Wildman–Crippen LogP) is 2.04. The summed E-state index contributed by atoms with van der Waals surface area (Å²) in [7, 11) is 2.18. The van der Waals surface area contributed by atoms with Crippen molar-refractivity contribution in [2.24, 2.45) is 0 Å². The minimum Gasteiger partial charge on any atom is -0.360 e. The molecule has 0 N–H and O–H groups in total. The maximum atomic E-state index is 12.8. The highest BCUT2D eigenvalue weighted by Gasteiger charge is 2.29. The molecular weight excluding hydrogens is 304 g/mol. The lowest BCUT2D eigenvalue weighted by atomic mass is 10.1. The molecule has 2 aliphatic heterocycles. The molecule has 0 saturated carbocycles. The summed E-state index contributed by atoms with van der Waals surface area (Å²) in [5.74, 6) is 1.05. The van der Waals surface area contributed by atoms with E-state index in [2.05, 4.69) is 22.0 Å². The van der Waals surface area contributed by atoms with Crippen LogP contribution in [-0.2, 0) is 0 Å². The number of hydrogen-bond acceptors (Lipinski definition) is 5. The average molecular weight is 334 g/mol. The van der Waals surface area contributed by atoms with E-state index in [4.69, 9.17) is 4.52 Å². The van der Waals surface area contributed by atoms with E-state index in [0.717, 1.165) is 51.4 Å². The van der Waals surface area contributed by atoms with Gasteiger partial charge in [-0.1, -0.05) is 25.4 Å². The molecule has 0 aliphatic carbocycles. The molecule has 0 aromatic carbocycles. The van der Waals surface area contributed by atoms with Gasteiger partial charge >= 0.3 is 0 Å². The number of piperazine rings is 1. The topological polar surface area (TPSA) is 52.8 Å². The Kier molecular flexibility index (Phi) is 5.56. The minimum absolute atomic E-state index is 0.0201. The molecule has 0 bridgehead atoms. The van der Waals surface area contributed by atoms with Crippen molar-refractivity contribution in [3.8, 4) is 0 Å². The van der Waals surface area contributed by atoms with Crippen LogP contribution >= 0.6 is 0 Å². The van der Waals surface area contributed by atoms with Gasteiger partial charge in [0.05, 0.1) is 0 Å². The molecule has 2 saturated heterocycles. The number of carbonyl (C=O) groups is 1. The summed E-state index contributed by atoms with van der Waals surface area (Å²) >= 11 is 0. The highest BCUT2D eigenvalue weighted by Crippen LogP contribution is 2.21. The molecule has 1 unspecified atom stereocenters. The van der Waals surface area contributed by atoms with Crippen LogP contribution < -0.4 is 0 Å². The summed E-state index contributed by atoms with van der Waals surface area (Å²) in [5.41, 5.74) is 0.456. The Morgan fingerprint density at radius 3 is 2.62 bits per heavy atom. The van der Waals surface area contributed by atoms with Gasteiger partial charge < -0.3 is 14.3 Å². The Balaban J connectivity index is 1.66. The Bertz CT molecular complexity index is 549. The van der Waals surface area contributed by atoms with E-state index in [1.807, 2.05) is 24.8 Å². The van der Waals surface area contributed by atoms with Crippen molar-refractivity contribution in [2.45, 2.75) is 45.1 Å². The molecule has 1 aromatic heterocycles. The number of nitrogens with zero attached hydrogens (tertiary/aromatic N) is 4. The monoisotopic (exact) mass is 334 g/mol. The number of hydrogen-bond donors (Lipinski definition) is 0. The van der Waals surface area contributed by atoms with Crippen LogP contribution in [0.1, 0.15) is 55.3 Å². The van der Waals surface area contributed by atoms with Crippen LogP contribution in [-0.4, -0.2) is 78.1 Å². The third-order valence-electron chi connectivity index (χ3n) is 5.30. The van der Waals surface area contributed by atoms with Crippen LogP contribution in [0.4, 0.5) is 0 Å². The van der Waals surface area contributed by atoms with Crippen molar-refractivity contribution in [3.63, 3.8) is 0 Å². The van der Waals surface area contributed by atoms with Crippen molar-refractivity contribution in [2.75, 3.05) is 46.3 Å². The summed E-state index contributed by atoms with van der Waals surface area (Å²) in [6, 6.07) is 2.28. The number of likely N-dealkylation sites (N-methyl/N-ethyl adjacent to an activating group) is 1. The number of rotatable bonds is 3. The number of likely N-dealkylation sites (tertiary alicyclic amines) is 1. The van der Waals surface area contributed by atoms with Crippen molar-refractivity contribution in [1.82, 2.24) is 19.9 Å². The van der Waals surface area contributed by atoms with Crippen molar-refractivity contribution in [1.29, 1.82) is 0 Å². The molecule has 1 amide bonds. The lowest BCUT2D eigenvalue weighted by Crippen LogP contribution is -2.52. The van der Waals surface area contributed by atoms with Gasteiger partial charge in [-0.05, 0) is 19.9 Å².